The lowest BCUT2D eigenvalue weighted by Crippen LogP contribution is -2.38. The third-order valence-electron chi connectivity index (χ3n) is 4.07. The fourth-order valence-electron chi connectivity index (χ4n) is 2.85. The van der Waals surface area contributed by atoms with Crippen LogP contribution in [0.25, 0.3) is 0 Å². The maximum absolute atomic E-state index is 12.2. The summed E-state index contributed by atoms with van der Waals surface area (Å²) in [7, 11) is 1.49. The molecule has 6 heteroatoms. The molecule has 1 aliphatic carbocycles. The predicted octanol–water partition coefficient (Wildman–Crippen LogP) is 3.31. The summed E-state index contributed by atoms with van der Waals surface area (Å²) in [6, 6.07) is 6.00. The minimum absolute atomic E-state index is 0.0492. The Morgan fingerprint density at radius 1 is 1.38 bits per heavy atom. The summed E-state index contributed by atoms with van der Waals surface area (Å²) < 4.78 is 22.6. The van der Waals surface area contributed by atoms with Gasteiger partial charge in [-0.2, -0.15) is 0 Å². The molecule has 0 saturated heterocycles. The number of hydrogen-bond acceptors (Lipinski definition) is 3. The Bertz CT molecular complexity index is 615. The van der Waals surface area contributed by atoms with Crippen molar-refractivity contribution in [3.05, 3.63) is 29.8 Å². The normalized spacial score (nSPS) is 22.8. The summed E-state index contributed by atoms with van der Waals surface area (Å²) in [4.78, 5) is 12.2. The quantitative estimate of drug-likeness (QED) is 0.862. The van der Waals surface area contributed by atoms with E-state index in [-0.39, 0.29) is 16.8 Å². The van der Waals surface area contributed by atoms with E-state index in [2.05, 4.69) is 12.2 Å². The van der Waals surface area contributed by atoms with Crippen LogP contribution < -0.4 is 5.32 Å². The molecular formula is C15H20ClNO3S. The van der Waals surface area contributed by atoms with E-state index in [1.807, 2.05) is 0 Å². The molecule has 1 fully saturated rings. The molecule has 2 unspecified atom stereocenters. The minimum atomic E-state index is -3.81. The molecule has 1 aliphatic rings. The minimum Gasteiger partial charge on any atom is -0.349 e. The third-order valence-corrected chi connectivity index (χ3v) is 5.42. The number of carbonyl (C=O) groups excluding carboxylic acids is 1. The number of halogens is 1. The van der Waals surface area contributed by atoms with Crippen LogP contribution in [-0.2, 0) is 9.05 Å². The lowest BCUT2D eigenvalue weighted by Gasteiger charge is -2.29. The molecular weight excluding hydrogens is 310 g/mol. The number of carbonyl (C=O) groups is 1. The fourth-order valence-corrected chi connectivity index (χ4v) is 3.65. The highest BCUT2D eigenvalue weighted by atomic mass is 35.7. The van der Waals surface area contributed by atoms with E-state index in [1.165, 1.54) is 24.6 Å². The average Bonchev–Trinajstić information content (AvgIpc) is 2.46. The first-order chi connectivity index (χ1) is 9.90. The molecule has 1 aromatic rings. The number of amides is 1. The van der Waals surface area contributed by atoms with Gasteiger partial charge in [0.1, 0.15) is 0 Å². The van der Waals surface area contributed by atoms with E-state index in [4.69, 9.17) is 10.7 Å². The van der Waals surface area contributed by atoms with Gasteiger partial charge in [-0.05, 0) is 37.0 Å². The highest BCUT2D eigenvalue weighted by Gasteiger charge is 2.23. The van der Waals surface area contributed by atoms with Gasteiger partial charge in [0.25, 0.3) is 15.0 Å². The largest absolute Gasteiger partial charge is 0.349 e. The van der Waals surface area contributed by atoms with Crippen molar-refractivity contribution in [2.24, 2.45) is 5.92 Å². The van der Waals surface area contributed by atoms with E-state index < -0.39 is 9.05 Å². The first kappa shape index (κ1) is 16.3. The van der Waals surface area contributed by atoms with E-state index in [0.29, 0.717) is 11.5 Å². The molecule has 1 saturated carbocycles. The van der Waals surface area contributed by atoms with Gasteiger partial charge in [0, 0.05) is 22.3 Å². The van der Waals surface area contributed by atoms with Crippen molar-refractivity contribution in [1.29, 1.82) is 0 Å². The van der Waals surface area contributed by atoms with Crippen LogP contribution in [0, 0.1) is 5.92 Å². The Kier molecular flexibility index (Phi) is 5.27. The molecule has 0 spiro atoms. The second-order valence-electron chi connectivity index (χ2n) is 5.58. The Morgan fingerprint density at radius 2 is 2.14 bits per heavy atom. The van der Waals surface area contributed by atoms with Gasteiger partial charge in [0.05, 0.1) is 4.90 Å². The van der Waals surface area contributed by atoms with E-state index in [9.17, 15) is 13.2 Å². The van der Waals surface area contributed by atoms with Crippen molar-refractivity contribution in [3.63, 3.8) is 0 Å². The van der Waals surface area contributed by atoms with Crippen molar-refractivity contribution >= 4 is 25.6 Å². The molecule has 0 aliphatic heterocycles. The molecule has 1 N–H and O–H groups in total. The molecule has 1 amide bonds. The second-order valence-corrected chi connectivity index (χ2v) is 8.14. The van der Waals surface area contributed by atoms with E-state index in [1.54, 1.807) is 6.07 Å². The summed E-state index contributed by atoms with van der Waals surface area (Å²) >= 11 is 0. The van der Waals surface area contributed by atoms with E-state index >= 15 is 0 Å². The van der Waals surface area contributed by atoms with Crippen LogP contribution in [-0.4, -0.2) is 20.4 Å². The van der Waals surface area contributed by atoms with Gasteiger partial charge in [-0.1, -0.05) is 32.3 Å². The number of rotatable bonds is 4. The van der Waals surface area contributed by atoms with E-state index in [0.717, 1.165) is 25.7 Å². The van der Waals surface area contributed by atoms with Gasteiger partial charge in [0.2, 0.25) is 0 Å². The SMILES string of the molecule is CCC1CCCC(NC(=O)c2cccc(S(=O)(=O)Cl)c2)C1. The maximum atomic E-state index is 12.2. The number of nitrogens with one attached hydrogen (secondary N) is 1. The Morgan fingerprint density at radius 3 is 2.81 bits per heavy atom. The number of hydrogen-bond donors (Lipinski definition) is 1. The average molecular weight is 330 g/mol. The third kappa shape index (κ3) is 4.45. The zero-order valence-electron chi connectivity index (χ0n) is 12.0. The van der Waals surface area contributed by atoms with Gasteiger partial charge >= 0.3 is 0 Å². The van der Waals surface area contributed by atoms with Crippen molar-refractivity contribution in [2.45, 2.75) is 50.0 Å². The molecule has 2 rings (SSSR count). The van der Waals surface area contributed by atoms with Crippen LogP contribution in [0.5, 0.6) is 0 Å². The first-order valence-electron chi connectivity index (χ1n) is 7.25. The lowest BCUT2D eigenvalue weighted by atomic mass is 9.84. The molecule has 2 atom stereocenters. The molecule has 0 aromatic heterocycles. The summed E-state index contributed by atoms with van der Waals surface area (Å²) in [6.45, 7) is 2.17. The molecule has 21 heavy (non-hydrogen) atoms. The Balaban J connectivity index is 2.07. The highest BCUT2D eigenvalue weighted by molar-refractivity contribution is 8.13. The summed E-state index contributed by atoms with van der Waals surface area (Å²) in [6.07, 6.45) is 5.46. The first-order valence-corrected chi connectivity index (χ1v) is 9.56. The van der Waals surface area contributed by atoms with Gasteiger partial charge in [0.15, 0.2) is 0 Å². The zero-order valence-corrected chi connectivity index (χ0v) is 13.6. The van der Waals surface area contributed by atoms with Crippen LogP contribution in [0.4, 0.5) is 0 Å². The molecule has 0 heterocycles. The smallest absolute Gasteiger partial charge is 0.261 e. The van der Waals surface area contributed by atoms with Gasteiger partial charge in [-0.15, -0.1) is 0 Å². The van der Waals surface area contributed by atoms with Crippen LogP contribution in [0.3, 0.4) is 0 Å². The highest BCUT2D eigenvalue weighted by Crippen LogP contribution is 2.26. The topological polar surface area (TPSA) is 63.2 Å². The van der Waals surface area contributed by atoms with Crippen LogP contribution in [0.2, 0.25) is 0 Å². The molecule has 4 nitrogen and oxygen atoms in total. The molecule has 0 radical (unpaired) electrons. The van der Waals surface area contributed by atoms with Gasteiger partial charge in [-0.25, -0.2) is 8.42 Å². The monoisotopic (exact) mass is 329 g/mol. The number of benzene rings is 1. The Hall–Kier alpha value is -1.07. The van der Waals surface area contributed by atoms with Crippen molar-refractivity contribution < 1.29 is 13.2 Å². The van der Waals surface area contributed by atoms with Gasteiger partial charge in [-0.3, -0.25) is 4.79 Å². The van der Waals surface area contributed by atoms with Crippen LogP contribution in [0.1, 0.15) is 49.4 Å². The van der Waals surface area contributed by atoms with Crippen LogP contribution in [0.15, 0.2) is 29.2 Å². The zero-order chi connectivity index (χ0) is 15.5. The molecule has 1 aromatic carbocycles. The second kappa shape index (κ2) is 6.79. The predicted molar refractivity (Wildman–Crippen MR) is 83.0 cm³/mol. The standard InChI is InChI=1S/C15H20ClNO3S/c1-2-11-5-3-7-13(9-11)17-15(18)12-6-4-8-14(10-12)21(16,19)20/h4,6,8,10-11,13H,2-3,5,7,9H2,1H3,(H,17,18). The van der Waals surface area contributed by atoms with Crippen molar-refractivity contribution in [3.8, 4) is 0 Å². The fraction of sp³-hybridized carbons (Fsp3) is 0.533. The van der Waals surface area contributed by atoms with Gasteiger partial charge < -0.3 is 5.32 Å². The van der Waals surface area contributed by atoms with Crippen molar-refractivity contribution in [2.75, 3.05) is 0 Å². The maximum Gasteiger partial charge on any atom is 0.261 e. The summed E-state index contributed by atoms with van der Waals surface area (Å²) in [5.41, 5.74) is 0.329. The summed E-state index contributed by atoms with van der Waals surface area (Å²) in [5.74, 6) is 0.428. The van der Waals surface area contributed by atoms with Crippen molar-refractivity contribution in [1.82, 2.24) is 5.32 Å². The summed E-state index contributed by atoms with van der Waals surface area (Å²) in [5, 5.41) is 3.00. The lowest BCUT2D eigenvalue weighted by molar-refractivity contribution is 0.0919. The molecule has 116 valence electrons. The molecule has 0 bridgehead atoms. The Labute approximate surface area is 130 Å². The van der Waals surface area contributed by atoms with Crippen LogP contribution >= 0.6 is 10.7 Å².